The number of hydrogen-bond acceptors (Lipinski definition) is 2. The van der Waals surface area contributed by atoms with Crippen LogP contribution in [0.4, 0.5) is 0 Å². The van der Waals surface area contributed by atoms with Crippen LogP contribution < -0.4 is 5.73 Å². The van der Waals surface area contributed by atoms with Gasteiger partial charge in [-0.05, 0) is 73.5 Å². The van der Waals surface area contributed by atoms with Crippen LogP contribution in [-0.2, 0) is 12.0 Å². The second-order valence-electron chi connectivity index (χ2n) is 13.5. The molecule has 0 saturated heterocycles. The van der Waals surface area contributed by atoms with Crippen molar-refractivity contribution in [3.05, 3.63) is 191 Å². The van der Waals surface area contributed by atoms with E-state index in [4.69, 9.17) is 15.7 Å². The van der Waals surface area contributed by atoms with Crippen LogP contribution in [-0.4, -0.2) is 11.7 Å². The predicted octanol–water partition coefficient (Wildman–Crippen LogP) is 10.7. The Balaban J connectivity index is 1.23. The van der Waals surface area contributed by atoms with E-state index in [1.807, 2.05) is 60.7 Å². The first-order valence-corrected chi connectivity index (χ1v) is 17.2. The summed E-state index contributed by atoms with van der Waals surface area (Å²) in [5, 5.41) is 12.2. The van der Waals surface area contributed by atoms with Crippen LogP contribution >= 0.6 is 0 Å². The van der Waals surface area contributed by atoms with Crippen molar-refractivity contribution < 1.29 is 0 Å². The van der Waals surface area contributed by atoms with Gasteiger partial charge in [-0.1, -0.05) is 153 Å². The molecule has 0 heterocycles. The number of rotatable bonds is 6. The van der Waals surface area contributed by atoms with Gasteiger partial charge in [0.25, 0.3) is 0 Å². The van der Waals surface area contributed by atoms with Gasteiger partial charge >= 0.3 is 0 Å². The summed E-state index contributed by atoms with van der Waals surface area (Å²) in [5.41, 5.74) is 19.1. The third-order valence-electron chi connectivity index (χ3n) is 10.0. The van der Waals surface area contributed by atoms with Crippen molar-refractivity contribution in [3.8, 4) is 39.4 Å². The summed E-state index contributed by atoms with van der Waals surface area (Å²) in [4.78, 5) is 10.1. The SMILES string of the molecule is CC1(C)c2cc(-c3ccc(-c4c(C(/N=C(\N)c5ccccc5)=N/Cc5ccccc5)ccc5ccccc45)cc3)ccc2-c2cccc(C#N)c21. The van der Waals surface area contributed by atoms with Crippen LogP contribution in [0.25, 0.3) is 44.2 Å². The van der Waals surface area contributed by atoms with E-state index in [0.29, 0.717) is 18.2 Å². The van der Waals surface area contributed by atoms with Crippen molar-refractivity contribution in [3.63, 3.8) is 0 Å². The average Bonchev–Trinajstić information content (AvgIpc) is 3.42. The highest BCUT2D eigenvalue weighted by atomic mass is 15.0. The third-order valence-corrected chi connectivity index (χ3v) is 10.0. The lowest BCUT2D eigenvalue weighted by Gasteiger charge is -2.23. The lowest BCUT2D eigenvalue weighted by molar-refractivity contribution is 0.658. The quantitative estimate of drug-likeness (QED) is 0.143. The topological polar surface area (TPSA) is 74.5 Å². The Labute approximate surface area is 298 Å². The highest BCUT2D eigenvalue weighted by Gasteiger charge is 2.37. The zero-order valence-electron chi connectivity index (χ0n) is 28.6. The van der Waals surface area contributed by atoms with E-state index in [0.717, 1.165) is 66.4 Å². The van der Waals surface area contributed by atoms with Crippen LogP contribution in [0.5, 0.6) is 0 Å². The molecule has 0 radical (unpaired) electrons. The summed E-state index contributed by atoms with van der Waals surface area (Å²) in [5.74, 6) is 1.00. The fourth-order valence-corrected chi connectivity index (χ4v) is 7.47. The predicted molar refractivity (Wildman–Crippen MR) is 211 cm³/mol. The van der Waals surface area contributed by atoms with Crippen molar-refractivity contribution in [1.29, 1.82) is 5.26 Å². The van der Waals surface area contributed by atoms with Crippen molar-refractivity contribution in [2.75, 3.05) is 0 Å². The molecule has 1 aliphatic rings. The monoisotopic (exact) mass is 656 g/mol. The van der Waals surface area contributed by atoms with Gasteiger partial charge in [0.2, 0.25) is 0 Å². The molecule has 4 heteroatoms. The maximum Gasteiger partial charge on any atom is 0.157 e. The zero-order valence-corrected chi connectivity index (χ0v) is 28.6. The first kappa shape index (κ1) is 31.7. The fraction of sp³-hybridized carbons (Fsp3) is 0.0851. The smallest absolute Gasteiger partial charge is 0.157 e. The van der Waals surface area contributed by atoms with Gasteiger partial charge in [0.1, 0.15) is 5.84 Å². The van der Waals surface area contributed by atoms with Gasteiger partial charge < -0.3 is 5.73 Å². The highest BCUT2D eigenvalue weighted by Crippen LogP contribution is 2.51. The Morgan fingerprint density at radius 1 is 0.667 bits per heavy atom. The summed E-state index contributed by atoms with van der Waals surface area (Å²) >= 11 is 0. The normalized spacial score (nSPS) is 13.4. The number of benzene rings is 7. The molecule has 244 valence electrons. The number of nitriles is 1. The molecular formula is C47H36N4. The molecular weight excluding hydrogens is 621 g/mol. The Kier molecular flexibility index (Phi) is 8.10. The van der Waals surface area contributed by atoms with Gasteiger partial charge in [-0.3, -0.25) is 4.99 Å². The number of nitrogens with zero attached hydrogens (tertiary/aromatic N) is 3. The first-order valence-electron chi connectivity index (χ1n) is 17.2. The van der Waals surface area contributed by atoms with E-state index in [1.54, 1.807) is 0 Å². The summed E-state index contributed by atoms with van der Waals surface area (Å²) in [7, 11) is 0. The molecule has 0 atom stereocenters. The molecule has 7 aromatic carbocycles. The average molecular weight is 657 g/mol. The van der Waals surface area contributed by atoms with Gasteiger partial charge in [0.15, 0.2) is 5.84 Å². The van der Waals surface area contributed by atoms with Crippen molar-refractivity contribution in [2.24, 2.45) is 15.7 Å². The highest BCUT2D eigenvalue weighted by molar-refractivity contribution is 6.17. The maximum absolute atomic E-state index is 9.89. The molecule has 0 fully saturated rings. The van der Waals surface area contributed by atoms with Crippen LogP contribution in [0.1, 0.15) is 47.2 Å². The Morgan fingerprint density at radius 3 is 2.12 bits per heavy atom. The van der Waals surface area contributed by atoms with Gasteiger partial charge in [0.05, 0.1) is 18.2 Å². The molecule has 0 aliphatic heterocycles. The van der Waals surface area contributed by atoms with Crippen molar-refractivity contribution in [2.45, 2.75) is 25.8 Å². The molecule has 0 aromatic heterocycles. The third kappa shape index (κ3) is 5.79. The standard InChI is InChI=1S/C47H36N4/c1-47(2)42-28-36(25-26-39(42)40-19-11-17-37(29-48)44(40)47)32-20-22-34(23-21-32)43-38-18-10-9-14-33(38)24-27-41(43)46(50-30-31-12-5-3-6-13-31)51-45(49)35-15-7-4-8-16-35/h3-28H,30H2,1-2H3,(H2,49,50,51). The Hall–Kier alpha value is -6.57. The van der Waals surface area contributed by atoms with Gasteiger partial charge in [-0.25, -0.2) is 4.99 Å². The zero-order chi connectivity index (χ0) is 35.0. The van der Waals surface area contributed by atoms with Gasteiger partial charge in [0, 0.05) is 22.1 Å². The molecule has 4 nitrogen and oxygen atoms in total. The first-order chi connectivity index (χ1) is 24.9. The summed E-state index contributed by atoms with van der Waals surface area (Å²) in [6, 6.07) is 56.7. The van der Waals surface area contributed by atoms with Crippen molar-refractivity contribution in [1.82, 2.24) is 0 Å². The van der Waals surface area contributed by atoms with Crippen LogP contribution in [0.15, 0.2) is 168 Å². The number of aliphatic imine (C=N–C) groups is 2. The molecule has 2 N–H and O–H groups in total. The summed E-state index contributed by atoms with van der Waals surface area (Å²) in [6.45, 7) is 4.91. The van der Waals surface area contributed by atoms with Crippen LogP contribution in [0.2, 0.25) is 0 Å². The van der Waals surface area contributed by atoms with E-state index >= 15 is 0 Å². The molecule has 0 amide bonds. The second kappa shape index (κ2) is 13.0. The molecule has 0 bridgehead atoms. The van der Waals surface area contributed by atoms with Crippen LogP contribution in [0, 0.1) is 11.3 Å². The fourth-order valence-electron chi connectivity index (χ4n) is 7.47. The van der Waals surface area contributed by atoms with E-state index in [9.17, 15) is 5.26 Å². The van der Waals surface area contributed by atoms with E-state index in [2.05, 4.69) is 117 Å². The number of amidine groups is 2. The summed E-state index contributed by atoms with van der Waals surface area (Å²) < 4.78 is 0. The number of fused-ring (bicyclic) bond motifs is 4. The lowest BCUT2D eigenvalue weighted by Crippen LogP contribution is -2.17. The molecule has 0 spiro atoms. The minimum atomic E-state index is -0.275. The number of nitrogens with two attached hydrogens (primary N) is 1. The second-order valence-corrected chi connectivity index (χ2v) is 13.5. The Morgan fingerprint density at radius 2 is 1.35 bits per heavy atom. The lowest BCUT2D eigenvalue weighted by atomic mass is 9.79. The molecule has 51 heavy (non-hydrogen) atoms. The van der Waals surface area contributed by atoms with Crippen LogP contribution in [0.3, 0.4) is 0 Å². The number of hydrogen-bond donors (Lipinski definition) is 1. The van der Waals surface area contributed by atoms with Gasteiger partial charge in [-0.2, -0.15) is 5.26 Å². The Bertz CT molecular complexity index is 2520. The van der Waals surface area contributed by atoms with E-state index in [1.165, 1.54) is 11.1 Å². The van der Waals surface area contributed by atoms with E-state index < -0.39 is 0 Å². The maximum atomic E-state index is 9.89. The minimum Gasteiger partial charge on any atom is -0.383 e. The van der Waals surface area contributed by atoms with Gasteiger partial charge in [-0.15, -0.1) is 0 Å². The van der Waals surface area contributed by atoms with Crippen molar-refractivity contribution >= 4 is 22.4 Å². The van der Waals surface area contributed by atoms with E-state index in [-0.39, 0.29) is 5.41 Å². The minimum absolute atomic E-state index is 0.275. The molecule has 8 rings (SSSR count). The molecule has 7 aromatic rings. The largest absolute Gasteiger partial charge is 0.383 e. The molecule has 0 unspecified atom stereocenters. The molecule has 1 aliphatic carbocycles. The molecule has 0 saturated carbocycles. The summed E-state index contributed by atoms with van der Waals surface area (Å²) in [6.07, 6.45) is 0.